The number of rotatable bonds is 8. The third kappa shape index (κ3) is 5.52. The predicted octanol–water partition coefficient (Wildman–Crippen LogP) is 2.48. The average molecular weight is 543 g/mol. The molecular formula is C23H24ClFN2O8S. The van der Waals surface area contributed by atoms with Crippen LogP contribution < -0.4 is 10.4 Å². The van der Waals surface area contributed by atoms with E-state index < -0.39 is 52.3 Å². The first kappa shape index (κ1) is 27.6. The largest absolute Gasteiger partial charge is 0.422 e. The fraction of sp³-hybridized carbons (Fsp3) is 0.304. The average Bonchev–Trinajstić information content (AvgIpc) is 2.82. The second-order valence-corrected chi connectivity index (χ2v) is 10.3. The van der Waals surface area contributed by atoms with Crippen LogP contribution in [0.4, 0.5) is 9.18 Å². The summed E-state index contributed by atoms with van der Waals surface area (Å²) in [6.07, 6.45) is -0.770. The van der Waals surface area contributed by atoms with E-state index >= 15 is 0 Å². The van der Waals surface area contributed by atoms with Gasteiger partial charge in [0.15, 0.2) is 5.75 Å². The van der Waals surface area contributed by atoms with Gasteiger partial charge in [0, 0.05) is 44.1 Å². The molecule has 0 aliphatic heterocycles. The minimum atomic E-state index is -4.46. The van der Waals surface area contributed by atoms with Crippen LogP contribution in [0.3, 0.4) is 0 Å². The standard InChI is InChI=1S/C23H24ClFN2O8S/c1-13-15-10-17(24)20(35-23(31)26(2)3)11-19(15)34-22(30)16(13)8-14-4-5-18(25)21(9-14)36(32,33)27(12-29)6-7-28/h4-5,9-11,28-29H,6-8,12H2,1-3H3. The first-order valence-corrected chi connectivity index (χ1v) is 12.4. The van der Waals surface area contributed by atoms with Gasteiger partial charge in [-0.25, -0.2) is 22.4 Å². The molecule has 3 rings (SSSR count). The summed E-state index contributed by atoms with van der Waals surface area (Å²) >= 11 is 6.27. The van der Waals surface area contributed by atoms with Crippen LogP contribution in [0.25, 0.3) is 11.0 Å². The molecule has 3 aromatic rings. The molecule has 0 spiro atoms. The van der Waals surface area contributed by atoms with Crippen molar-refractivity contribution in [2.75, 3.05) is 34.0 Å². The third-order valence-corrected chi connectivity index (χ3v) is 7.55. The van der Waals surface area contributed by atoms with Gasteiger partial charge in [-0.05, 0) is 36.2 Å². The lowest BCUT2D eigenvalue weighted by Gasteiger charge is -2.19. The summed E-state index contributed by atoms with van der Waals surface area (Å²) in [7, 11) is -1.47. The number of nitrogens with zero attached hydrogens (tertiary/aromatic N) is 2. The van der Waals surface area contributed by atoms with Crippen LogP contribution in [-0.4, -0.2) is 67.9 Å². The molecule has 1 aromatic heterocycles. The van der Waals surface area contributed by atoms with Crippen LogP contribution in [0.5, 0.6) is 5.75 Å². The van der Waals surface area contributed by atoms with Crippen LogP contribution in [0.1, 0.15) is 16.7 Å². The molecule has 2 aromatic carbocycles. The second-order valence-electron chi connectivity index (χ2n) is 8.02. The smallest absolute Gasteiger partial charge is 0.414 e. The number of hydrogen-bond donors (Lipinski definition) is 2. The molecular weight excluding hydrogens is 519 g/mol. The lowest BCUT2D eigenvalue weighted by molar-refractivity contribution is 0.154. The summed E-state index contributed by atoms with van der Waals surface area (Å²) in [5, 5.41) is 19.0. The Bertz CT molecular complexity index is 1470. The number of amides is 1. The molecule has 1 amide bonds. The van der Waals surface area contributed by atoms with Crippen LogP contribution >= 0.6 is 11.6 Å². The lowest BCUT2D eigenvalue weighted by atomic mass is 9.99. The van der Waals surface area contributed by atoms with Crippen LogP contribution in [0.2, 0.25) is 5.02 Å². The SMILES string of the molecule is Cc1c(Cc2ccc(F)c(S(=O)(=O)N(CO)CCO)c2)c(=O)oc2cc(OC(=O)N(C)C)c(Cl)cc12. The summed E-state index contributed by atoms with van der Waals surface area (Å²) in [6.45, 7) is -0.307. The van der Waals surface area contributed by atoms with Gasteiger partial charge in [-0.1, -0.05) is 17.7 Å². The Morgan fingerprint density at radius 3 is 2.50 bits per heavy atom. The Morgan fingerprint density at radius 2 is 1.89 bits per heavy atom. The van der Waals surface area contributed by atoms with E-state index in [1.165, 1.54) is 37.2 Å². The fourth-order valence-corrected chi connectivity index (χ4v) is 5.00. The maximum absolute atomic E-state index is 14.4. The quantitative estimate of drug-likeness (QED) is 0.327. The van der Waals surface area contributed by atoms with Gasteiger partial charge in [0.1, 0.15) is 23.0 Å². The van der Waals surface area contributed by atoms with E-state index in [9.17, 15) is 27.5 Å². The van der Waals surface area contributed by atoms with Gasteiger partial charge in [-0.2, -0.15) is 4.31 Å². The van der Waals surface area contributed by atoms with E-state index in [0.29, 0.717) is 15.3 Å². The van der Waals surface area contributed by atoms with Crippen LogP contribution in [0, 0.1) is 12.7 Å². The number of halogens is 2. The summed E-state index contributed by atoms with van der Waals surface area (Å²) < 4.78 is 51.1. The van der Waals surface area contributed by atoms with Gasteiger partial charge >= 0.3 is 11.7 Å². The van der Waals surface area contributed by atoms with Gasteiger partial charge < -0.3 is 24.3 Å². The van der Waals surface area contributed by atoms with Crippen molar-refractivity contribution < 1.29 is 37.0 Å². The summed E-state index contributed by atoms with van der Waals surface area (Å²) in [5.74, 6) is -1.05. The van der Waals surface area contributed by atoms with Crippen molar-refractivity contribution >= 4 is 38.7 Å². The maximum Gasteiger partial charge on any atom is 0.414 e. The number of ether oxygens (including phenoxy) is 1. The Hall–Kier alpha value is -3.03. The minimum absolute atomic E-state index is 0.00265. The first-order chi connectivity index (χ1) is 16.9. The van der Waals surface area contributed by atoms with Crippen molar-refractivity contribution in [3.63, 3.8) is 0 Å². The van der Waals surface area contributed by atoms with Gasteiger partial charge in [-0.15, -0.1) is 0 Å². The van der Waals surface area contributed by atoms with Crippen molar-refractivity contribution in [3.8, 4) is 5.75 Å². The molecule has 0 unspecified atom stereocenters. The number of hydrogen-bond acceptors (Lipinski definition) is 8. The van der Waals surface area contributed by atoms with Crippen molar-refractivity contribution in [2.45, 2.75) is 18.2 Å². The van der Waals surface area contributed by atoms with Gasteiger partial charge in [0.2, 0.25) is 10.0 Å². The maximum atomic E-state index is 14.4. The molecule has 0 radical (unpaired) electrons. The molecule has 13 heteroatoms. The summed E-state index contributed by atoms with van der Waals surface area (Å²) in [5.41, 5.74) is 0.352. The molecule has 36 heavy (non-hydrogen) atoms. The summed E-state index contributed by atoms with van der Waals surface area (Å²) in [6, 6.07) is 6.13. The van der Waals surface area contributed by atoms with Crippen molar-refractivity contribution in [1.29, 1.82) is 0 Å². The van der Waals surface area contributed by atoms with Gasteiger partial charge in [0.05, 0.1) is 11.6 Å². The number of fused-ring (bicyclic) bond motifs is 1. The number of carbonyl (C=O) groups excluding carboxylic acids is 1. The Labute approximate surface area is 211 Å². The molecule has 0 aliphatic carbocycles. The van der Waals surface area contributed by atoms with E-state index in [1.54, 1.807) is 6.92 Å². The van der Waals surface area contributed by atoms with Gasteiger partial charge in [-0.3, -0.25) is 0 Å². The predicted molar refractivity (Wildman–Crippen MR) is 129 cm³/mol. The monoisotopic (exact) mass is 542 g/mol. The highest BCUT2D eigenvalue weighted by atomic mass is 35.5. The molecule has 10 nitrogen and oxygen atoms in total. The highest BCUT2D eigenvalue weighted by molar-refractivity contribution is 7.89. The first-order valence-electron chi connectivity index (χ1n) is 10.6. The number of carbonyl (C=O) groups is 1. The normalized spacial score (nSPS) is 11.8. The number of aryl methyl sites for hydroxylation is 1. The Balaban J connectivity index is 2.04. The zero-order valence-electron chi connectivity index (χ0n) is 19.6. The van der Waals surface area contributed by atoms with E-state index in [-0.39, 0.29) is 33.9 Å². The van der Waals surface area contributed by atoms with E-state index in [2.05, 4.69) is 0 Å². The van der Waals surface area contributed by atoms with E-state index in [1.807, 2.05) is 0 Å². The number of aliphatic hydroxyl groups is 2. The summed E-state index contributed by atoms with van der Waals surface area (Å²) in [4.78, 5) is 25.2. The van der Waals surface area contributed by atoms with Crippen molar-refractivity contribution in [2.24, 2.45) is 0 Å². The lowest BCUT2D eigenvalue weighted by Crippen LogP contribution is -2.35. The topological polar surface area (TPSA) is 138 Å². The molecule has 0 atom stereocenters. The van der Waals surface area contributed by atoms with Crippen molar-refractivity contribution in [1.82, 2.24) is 9.21 Å². The highest BCUT2D eigenvalue weighted by Gasteiger charge is 2.27. The molecule has 0 saturated heterocycles. The van der Waals surface area contributed by atoms with E-state index in [4.69, 9.17) is 25.9 Å². The van der Waals surface area contributed by atoms with Gasteiger partial charge in [0.25, 0.3) is 0 Å². The Morgan fingerprint density at radius 1 is 1.19 bits per heavy atom. The Kier molecular flexibility index (Phi) is 8.37. The fourth-order valence-electron chi connectivity index (χ4n) is 3.43. The second kappa shape index (κ2) is 10.9. The zero-order chi connectivity index (χ0) is 26.8. The molecule has 0 fully saturated rings. The van der Waals surface area contributed by atoms with Crippen LogP contribution in [0.15, 0.2) is 44.4 Å². The number of aliphatic hydroxyl groups excluding tert-OH is 2. The molecule has 2 N–H and O–H groups in total. The molecule has 0 bridgehead atoms. The van der Waals surface area contributed by atoms with Crippen LogP contribution in [-0.2, 0) is 16.4 Å². The van der Waals surface area contributed by atoms with E-state index in [0.717, 1.165) is 12.1 Å². The third-order valence-electron chi connectivity index (χ3n) is 5.40. The number of benzene rings is 2. The zero-order valence-corrected chi connectivity index (χ0v) is 21.2. The molecule has 0 saturated carbocycles. The molecule has 0 aliphatic rings. The number of sulfonamides is 1. The molecule has 194 valence electrons. The highest BCUT2D eigenvalue weighted by Crippen LogP contribution is 2.33. The minimum Gasteiger partial charge on any atom is -0.422 e. The van der Waals surface area contributed by atoms with Crippen molar-refractivity contribution in [3.05, 3.63) is 68.3 Å². The molecule has 1 heterocycles.